The van der Waals surface area contributed by atoms with Crippen molar-refractivity contribution in [2.24, 2.45) is 0 Å². The third-order valence-corrected chi connectivity index (χ3v) is 6.68. The first-order valence-electron chi connectivity index (χ1n) is 8.35. The highest BCUT2D eigenvalue weighted by molar-refractivity contribution is 7.18. The molecule has 1 saturated heterocycles. The van der Waals surface area contributed by atoms with Gasteiger partial charge in [0.15, 0.2) is 6.67 Å². The standard InChI is InChI=1S/C17H20N4OS2/c1-13-11-23-17(22)21(13)12-20-8-6-19(7-9-20)10-16-18-14-4-2-3-5-15(14)24-16/h2-5,11H,6-10,12H2,1H3/p+2. The van der Waals surface area contributed by atoms with E-state index >= 15 is 0 Å². The Hall–Kier alpha value is -1.54. The Kier molecular flexibility index (Phi) is 4.49. The van der Waals surface area contributed by atoms with Crippen LogP contribution >= 0.6 is 22.7 Å². The summed E-state index contributed by atoms with van der Waals surface area (Å²) in [5.41, 5.74) is 2.20. The highest BCUT2D eigenvalue weighted by Gasteiger charge is 2.24. The second-order valence-electron chi connectivity index (χ2n) is 6.48. The molecule has 0 radical (unpaired) electrons. The smallest absolute Gasteiger partial charge is 0.311 e. The summed E-state index contributed by atoms with van der Waals surface area (Å²) in [6.45, 7) is 8.36. The van der Waals surface area contributed by atoms with Gasteiger partial charge in [0.1, 0.15) is 37.7 Å². The van der Waals surface area contributed by atoms with Crippen LogP contribution in [0.3, 0.4) is 0 Å². The lowest BCUT2D eigenvalue weighted by Crippen LogP contribution is -3.27. The van der Waals surface area contributed by atoms with Crippen molar-refractivity contribution in [3.8, 4) is 0 Å². The number of rotatable bonds is 4. The molecule has 0 amide bonds. The Balaban J connectivity index is 1.35. The molecule has 0 spiro atoms. The zero-order valence-electron chi connectivity index (χ0n) is 13.7. The van der Waals surface area contributed by atoms with Crippen molar-refractivity contribution < 1.29 is 9.80 Å². The van der Waals surface area contributed by atoms with Gasteiger partial charge in [0.25, 0.3) is 0 Å². The van der Waals surface area contributed by atoms with Crippen LogP contribution in [0.5, 0.6) is 0 Å². The predicted molar refractivity (Wildman–Crippen MR) is 98.0 cm³/mol. The van der Waals surface area contributed by atoms with Crippen molar-refractivity contribution >= 4 is 32.9 Å². The van der Waals surface area contributed by atoms with Crippen LogP contribution in [-0.4, -0.2) is 35.7 Å². The maximum absolute atomic E-state index is 11.9. The van der Waals surface area contributed by atoms with E-state index < -0.39 is 0 Å². The van der Waals surface area contributed by atoms with E-state index in [4.69, 9.17) is 4.98 Å². The lowest BCUT2D eigenvalue weighted by Gasteiger charge is -2.29. The highest BCUT2D eigenvalue weighted by Crippen LogP contribution is 2.20. The molecule has 24 heavy (non-hydrogen) atoms. The highest BCUT2D eigenvalue weighted by atomic mass is 32.1. The normalized spacial score (nSPS) is 21.4. The van der Waals surface area contributed by atoms with E-state index in [2.05, 4.69) is 24.3 Å². The summed E-state index contributed by atoms with van der Waals surface area (Å²) in [6, 6.07) is 8.37. The number of aryl methyl sites for hydroxylation is 1. The van der Waals surface area contributed by atoms with E-state index in [1.54, 1.807) is 4.90 Å². The second-order valence-corrected chi connectivity index (χ2v) is 8.42. The van der Waals surface area contributed by atoms with Gasteiger partial charge in [-0.05, 0) is 19.1 Å². The molecule has 5 nitrogen and oxygen atoms in total. The first-order chi connectivity index (χ1) is 11.7. The quantitative estimate of drug-likeness (QED) is 0.673. The predicted octanol–water partition coefficient (Wildman–Crippen LogP) is -0.231. The Morgan fingerprint density at radius 3 is 2.62 bits per heavy atom. The maximum atomic E-state index is 11.9. The molecule has 1 fully saturated rings. The van der Waals surface area contributed by atoms with Gasteiger partial charge in [-0.15, -0.1) is 11.3 Å². The van der Waals surface area contributed by atoms with Crippen LogP contribution in [0.15, 0.2) is 34.4 Å². The summed E-state index contributed by atoms with van der Waals surface area (Å²) in [7, 11) is 0. The van der Waals surface area contributed by atoms with Crippen LogP contribution in [0, 0.1) is 6.92 Å². The van der Waals surface area contributed by atoms with E-state index in [-0.39, 0.29) is 4.87 Å². The van der Waals surface area contributed by atoms with Crippen molar-refractivity contribution in [2.45, 2.75) is 20.1 Å². The number of thiazole rings is 2. The molecule has 0 atom stereocenters. The lowest BCUT2D eigenvalue weighted by molar-refractivity contribution is -1.03. The molecule has 1 aliphatic rings. The molecule has 2 N–H and O–H groups in total. The Morgan fingerprint density at radius 1 is 1.17 bits per heavy atom. The van der Waals surface area contributed by atoms with Gasteiger partial charge in [-0.3, -0.25) is 9.36 Å². The molecular weight excluding hydrogens is 340 g/mol. The van der Waals surface area contributed by atoms with E-state index in [1.165, 1.54) is 25.9 Å². The van der Waals surface area contributed by atoms with Crippen LogP contribution in [0.25, 0.3) is 10.2 Å². The third-order valence-electron chi connectivity index (χ3n) is 4.76. The summed E-state index contributed by atoms with van der Waals surface area (Å²) in [4.78, 5) is 19.9. The monoisotopic (exact) mass is 362 g/mol. The van der Waals surface area contributed by atoms with Crippen molar-refractivity contribution in [3.05, 3.63) is 50.0 Å². The molecule has 0 saturated carbocycles. The van der Waals surface area contributed by atoms with Gasteiger partial charge in [-0.25, -0.2) is 4.98 Å². The summed E-state index contributed by atoms with van der Waals surface area (Å²) < 4.78 is 3.20. The number of aromatic nitrogens is 2. The molecule has 4 rings (SSSR count). The van der Waals surface area contributed by atoms with Gasteiger partial charge < -0.3 is 9.80 Å². The average Bonchev–Trinajstić information content (AvgIpc) is 3.14. The fourth-order valence-corrected chi connectivity index (χ4v) is 5.09. The zero-order valence-corrected chi connectivity index (χ0v) is 15.4. The van der Waals surface area contributed by atoms with Crippen molar-refractivity contribution in [2.75, 3.05) is 26.2 Å². The largest absolute Gasteiger partial charge is 0.320 e. The number of nitrogens with one attached hydrogen (secondary N) is 2. The lowest BCUT2D eigenvalue weighted by atomic mass is 10.3. The number of para-hydroxylation sites is 1. The molecule has 0 aliphatic carbocycles. The summed E-state index contributed by atoms with van der Waals surface area (Å²) in [6.07, 6.45) is 0. The Bertz CT molecular complexity index is 856. The molecule has 1 aromatic carbocycles. The van der Waals surface area contributed by atoms with Crippen LogP contribution in [0.1, 0.15) is 10.7 Å². The van der Waals surface area contributed by atoms with Crippen molar-refractivity contribution in [3.63, 3.8) is 0 Å². The molecule has 0 bridgehead atoms. The Labute approximate surface area is 148 Å². The van der Waals surface area contributed by atoms with Gasteiger partial charge >= 0.3 is 4.87 Å². The molecule has 126 valence electrons. The number of fused-ring (bicyclic) bond motifs is 1. The molecule has 0 unspecified atom stereocenters. The molecule has 1 aliphatic heterocycles. The van der Waals surface area contributed by atoms with Crippen LogP contribution in [0.2, 0.25) is 0 Å². The number of piperazine rings is 1. The second kappa shape index (κ2) is 6.76. The minimum Gasteiger partial charge on any atom is -0.320 e. The summed E-state index contributed by atoms with van der Waals surface area (Å²) >= 11 is 3.12. The average molecular weight is 363 g/mol. The number of nitrogens with zero attached hydrogens (tertiary/aromatic N) is 2. The SMILES string of the molecule is Cc1csc(=O)n1C[NH+]1CC[NH+](Cc2nc3ccccc3s2)CC1. The molecule has 3 heterocycles. The molecule has 3 aromatic rings. The number of hydrogen-bond acceptors (Lipinski definition) is 4. The van der Waals surface area contributed by atoms with Crippen molar-refractivity contribution in [1.82, 2.24) is 9.55 Å². The maximum Gasteiger partial charge on any atom is 0.311 e. The third kappa shape index (κ3) is 3.30. The van der Waals surface area contributed by atoms with Crippen molar-refractivity contribution in [1.29, 1.82) is 0 Å². The van der Waals surface area contributed by atoms with Gasteiger partial charge in [0, 0.05) is 11.1 Å². The van der Waals surface area contributed by atoms with E-state index in [9.17, 15) is 4.79 Å². The van der Waals surface area contributed by atoms with E-state index in [0.717, 1.165) is 50.6 Å². The molecule has 2 aromatic heterocycles. The Morgan fingerprint density at radius 2 is 1.92 bits per heavy atom. The first kappa shape index (κ1) is 16.0. The molecular formula is C17H22N4OS2+2. The minimum absolute atomic E-state index is 0.171. The minimum atomic E-state index is 0.171. The fraction of sp³-hybridized carbons (Fsp3) is 0.412. The van der Waals surface area contributed by atoms with Crippen LogP contribution in [-0.2, 0) is 13.2 Å². The van der Waals surface area contributed by atoms with E-state index in [1.807, 2.05) is 28.2 Å². The van der Waals surface area contributed by atoms with Gasteiger partial charge in [-0.2, -0.15) is 0 Å². The summed E-state index contributed by atoms with van der Waals surface area (Å²) in [5.74, 6) is 0. The zero-order chi connectivity index (χ0) is 16.5. The number of quaternary nitrogens is 2. The fourth-order valence-electron chi connectivity index (χ4n) is 3.32. The van der Waals surface area contributed by atoms with Gasteiger partial charge in [0.2, 0.25) is 0 Å². The van der Waals surface area contributed by atoms with Crippen LogP contribution in [0.4, 0.5) is 0 Å². The first-order valence-corrected chi connectivity index (χ1v) is 10.0. The van der Waals surface area contributed by atoms with Gasteiger partial charge in [-0.1, -0.05) is 23.5 Å². The van der Waals surface area contributed by atoms with Crippen LogP contribution < -0.4 is 14.7 Å². The number of hydrogen-bond donors (Lipinski definition) is 2. The summed E-state index contributed by atoms with van der Waals surface area (Å²) in [5, 5.41) is 3.19. The number of benzene rings is 1. The molecule has 7 heteroatoms. The van der Waals surface area contributed by atoms with E-state index in [0.29, 0.717) is 0 Å². The topological polar surface area (TPSA) is 43.8 Å². The van der Waals surface area contributed by atoms with Gasteiger partial charge in [0.05, 0.1) is 10.2 Å².